The van der Waals surface area contributed by atoms with Crippen molar-refractivity contribution in [2.75, 3.05) is 18.2 Å². The lowest BCUT2D eigenvalue weighted by atomic mass is 10.1. The largest absolute Gasteiger partial charge is 0.465 e. The summed E-state index contributed by atoms with van der Waals surface area (Å²) in [4.78, 5) is 11.8. The smallest absolute Gasteiger partial charge is 0.340 e. The molecule has 3 N–H and O–H groups in total. The van der Waals surface area contributed by atoms with E-state index >= 15 is 0 Å². The van der Waals surface area contributed by atoms with Crippen molar-refractivity contribution in [1.82, 2.24) is 0 Å². The van der Waals surface area contributed by atoms with Crippen LogP contribution in [0.4, 0.5) is 11.4 Å². The molecule has 0 aliphatic rings. The number of halogens is 1. The Hall–Kier alpha value is -1.72. The Balaban J connectivity index is 2.37. The molecule has 4 nitrogen and oxygen atoms in total. The first kappa shape index (κ1) is 14.7. The molecule has 0 saturated heterocycles. The molecule has 2 aromatic rings. The van der Waals surface area contributed by atoms with E-state index in [0.29, 0.717) is 22.0 Å². The summed E-state index contributed by atoms with van der Waals surface area (Å²) in [5.74, 6) is -0.473. The van der Waals surface area contributed by atoms with Gasteiger partial charge in [0.15, 0.2) is 0 Å². The van der Waals surface area contributed by atoms with Gasteiger partial charge in [0.2, 0.25) is 0 Å². The summed E-state index contributed by atoms with van der Waals surface area (Å²) in [6, 6.07) is 5.20. The van der Waals surface area contributed by atoms with Crippen LogP contribution in [0.5, 0.6) is 0 Å². The van der Waals surface area contributed by atoms with E-state index in [1.165, 1.54) is 7.11 Å². The Morgan fingerprint density at radius 2 is 2.25 bits per heavy atom. The number of nitrogens with two attached hydrogens (primary N) is 1. The van der Waals surface area contributed by atoms with Crippen LogP contribution >= 0.6 is 22.9 Å². The van der Waals surface area contributed by atoms with Crippen molar-refractivity contribution < 1.29 is 9.53 Å². The third-order valence-corrected chi connectivity index (χ3v) is 3.92. The first-order chi connectivity index (χ1) is 9.52. The number of esters is 1. The number of benzene rings is 1. The minimum Gasteiger partial charge on any atom is -0.465 e. The number of nitrogen functional groups attached to an aromatic ring is 1. The second-order valence-corrected chi connectivity index (χ2v) is 5.53. The van der Waals surface area contributed by atoms with Gasteiger partial charge >= 0.3 is 5.97 Å². The molecule has 1 aromatic carbocycles. The maximum Gasteiger partial charge on any atom is 0.340 e. The number of nitrogens with one attached hydrogen (secondary N) is 1. The number of carbonyl (C=O) groups is 1. The average Bonchev–Trinajstić information content (AvgIpc) is 2.94. The lowest BCUT2D eigenvalue weighted by Crippen LogP contribution is -2.12. The minimum absolute atomic E-state index is 0.0192. The van der Waals surface area contributed by atoms with E-state index in [0.717, 1.165) is 5.56 Å². The fraction of sp³-hybridized carbons (Fsp3) is 0.214. The molecule has 0 aliphatic carbocycles. The van der Waals surface area contributed by atoms with Gasteiger partial charge in [-0.05, 0) is 41.4 Å². The van der Waals surface area contributed by atoms with E-state index in [1.54, 1.807) is 23.5 Å². The molecule has 2 rings (SSSR count). The second-order valence-electron chi connectivity index (χ2n) is 4.34. The summed E-state index contributed by atoms with van der Waals surface area (Å²) < 4.78 is 4.77. The Kier molecular flexibility index (Phi) is 4.52. The molecule has 0 radical (unpaired) electrons. The van der Waals surface area contributed by atoms with Gasteiger partial charge in [0.05, 0.1) is 23.4 Å². The maximum atomic E-state index is 11.8. The fourth-order valence-corrected chi connectivity index (χ4v) is 2.90. The van der Waals surface area contributed by atoms with Gasteiger partial charge in [0.25, 0.3) is 0 Å². The lowest BCUT2D eigenvalue weighted by molar-refractivity contribution is 0.0602. The van der Waals surface area contributed by atoms with Crippen LogP contribution < -0.4 is 11.1 Å². The summed E-state index contributed by atoms with van der Waals surface area (Å²) in [7, 11) is 1.32. The van der Waals surface area contributed by atoms with Crippen molar-refractivity contribution in [1.29, 1.82) is 0 Å². The van der Waals surface area contributed by atoms with Crippen molar-refractivity contribution in [3.8, 4) is 0 Å². The molecule has 20 heavy (non-hydrogen) atoms. The first-order valence-corrected chi connectivity index (χ1v) is 7.31. The third kappa shape index (κ3) is 3.05. The maximum absolute atomic E-state index is 11.8. The summed E-state index contributed by atoms with van der Waals surface area (Å²) in [5.41, 5.74) is 8.14. The molecular weight excluding hydrogens is 296 g/mol. The molecule has 0 bridgehead atoms. The summed E-state index contributed by atoms with van der Waals surface area (Å²) >= 11 is 7.81. The van der Waals surface area contributed by atoms with Crippen LogP contribution in [0.3, 0.4) is 0 Å². The number of carbonyl (C=O) groups excluding carboxylic acids is 1. The Morgan fingerprint density at radius 1 is 1.50 bits per heavy atom. The molecule has 1 heterocycles. The monoisotopic (exact) mass is 310 g/mol. The van der Waals surface area contributed by atoms with Crippen molar-refractivity contribution >= 4 is 40.3 Å². The quantitative estimate of drug-likeness (QED) is 0.663. The Morgan fingerprint density at radius 3 is 2.85 bits per heavy atom. The van der Waals surface area contributed by atoms with E-state index in [4.69, 9.17) is 22.1 Å². The zero-order valence-electron chi connectivity index (χ0n) is 11.1. The number of hydrogen-bond donors (Lipinski definition) is 2. The van der Waals surface area contributed by atoms with E-state index < -0.39 is 5.97 Å². The predicted octanol–water partition coefficient (Wildman–Crippen LogP) is 3.94. The molecule has 0 saturated carbocycles. The average molecular weight is 311 g/mol. The highest BCUT2D eigenvalue weighted by molar-refractivity contribution is 7.08. The predicted molar refractivity (Wildman–Crippen MR) is 83.6 cm³/mol. The van der Waals surface area contributed by atoms with E-state index in [9.17, 15) is 4.79 Å². The van der Waals surface area contributed by atoms with Gasteiger partial charge in [-0.15, -0.1) is 0 Å². The van der Waals surface area contributed by atoms with Crippen LogP contribution in [-0.2, 0) is 4.74 Å². The van der Waals surface area contributed by atoms with Crippen molar-refractivity contribution in [3.05, 3.63) is 45.1 Å². The highest BCUT2D eigenvalue weighted by atomic mass is 35.5. The van der Waals surface area contributed by atoms with Crippen molar-refractivity contribution in [2.24, 2.45) is 0 Å². The Labute approximate surface area is 126 Å². The van der Waals surface area contributed by atoms with Crippen LogP contribution in [0.25, 0.3) is 0 Å². The minimum atomic E-state index is -0.473. The first-order valence-electron chi connectivity index (χ1n) is 5.99. The van der Waals surface area contributed by atoms with Crippen LogP contribution in [0.1, 0.15) is 28.9 Å². The second kappa shape index (κ2) is 6.15. The van der Waals surface area contributed by atoms with Crippen LogP contribution in [-0.4, -0.2) is 13.1 Å². The fourth-order valence-electron chi connectivity index (χ4n) is 1.87. The topological polar surface area (TPSA) is 64.3 Å². The molecule has 6 heteroatoms. The molecule has 1 atom stereocenters. The summed E-state index contributed by atoms with van der Waals surface area (Å²) in [6.07, 6.45) is 0. The standard InChI is InChI=1S/C14H15ClN2O2S/c1-8(9-3-4-20-7-9)17-13-11(14(18)19-2)5-10(16)6-12(13)15/h3-8,17H,16H2,1-2H3. The number of methoxy groups -OCH3 is 1. The van der Waals surface area contributed by atoms with E-state index in [2.05, 4.69) is 5.32 Å². The zero-order chi connectivity index (χ0) is 14.7. The highest BCUT2D eigenvalue weighted by Gasteiger charge is 2.18. The van der Waals surface area contributed by atoms with Gasteiger partial charge in [-0.2, -0.15) is 11.3 Å². The molecule has 0 spiro atoms. The number of rotatable bonds is 4. The molecule has 1 aromatic heterocycles. The van der Waals surface area contributed by atoms with Gasteiger partial charge in [0.1, 0.15) is 0 Å². The highest BCUT2D eigenvalue weighted by Crippen LogP contribution is 2.33. The van der Waals surface area contributed by atoms with Crippen molar-refractivity contribution in [2.45, 2.75) is 13.0 Å². The van der Waals surface area contributed by atoms with Gasteiger partial charge in [-0.25, -0.2) is 4.79 Å². The van der Waals surface area contributed by atoms with Crippen LogP contribution in [0.15, 0.2) is 29.0 Å². The third-order valence-electron chi connectivity index (χ3n) is 2.92. The van der Waals surface area contributed by atoms with Gasteiger partial charge < -0.3 is 15.8 Å². The normalized spacial score (nSPS) is 11.9. The van der Waals surface area contributed by atoms with Crippen LogP contribution in [0, 0.1) is 0 Å². The summed E-state index contributed by atoms with van der Waals surface area (Å²) in [5, 5.41) is 7.68. The molecule has 1 unspecified atom stereocenters. The van der Waals surface area contributed by atoms with E-state index in [-0.39, 0.29) is 6.04 Å². The zero-order valence-corrected chi connectivity index (χ0v) is 12.7. The van der Waals surface area contributed by atoms with Crippen molar-refractivity contribution in [3.63, 3.8) is 0 Å². The molecule has 0 aliphatic heterocycles. The summed E-state index contributed by atoms with van der Waals surface area (Å²) in [6.45, 7) is 2.00. The number of thiophene rings is 1. The van der Waals surface area contributed by atoms with Gasteiger partial charge in [-0.3, -0.25) is 0 Å². The number of anilines is 2. The van der Waals surface area contributed by atoms with Gasteiger partial charge in [0, 0.05) is 11.7 Å². The molecule has 0 fully saturated rings. The van der Waals surface area contributed by atoms with E-state index in [1.807, 2.05) is 23.8 Å². The SMILES string of the molecule is COC(=O)c1cc(N)cc(Cl)c1NC(C)c1ccsc1. The number of ether oxygens (including phenoxy) is 1. The van der Waals surface area contributed by atoms with Crippen LogP contribution in [0.2, 0.25) is 5.02 Å². The lowest BCUT2D eigenvalue weighted by Gasteiger charge is -2.18. The Bertz CT molecular complexity index is 614. The molecule has 0 amide bonds. The number of hydrogen-bond acceptors (Lipinski definition) is 5. The van der Waals surface area contributed by atoms with Gasteiger partial charge in [-0.1, -0.05) is 11.6 Å². The molecule has 106 valence electrons. The molecular formula is C14H15ClN2O2S.